The second-order valence-corrected chi connectivity index (χ2v) is 5.02. The third-order valence-electron chi connectivity index (χ3n) is 3.23. The molecule has 0 N–H and O–H groups in total. The van der Waals surface area contributed by atoms with E-state index in [1.807, 2.05) is 54.9 Å². The largest absolute Gasteiger partial charge is 0.492 e. The van der Waals surface area contributed by atoms with Gasteiger partial charge in [-0.2, -0.15) is 0 Å². The molecule has 21 heavy (non-hydrogen) atoms. The van der Waals surface area contributed by atoms with Crippen LogP contribution in [0.5, 0.6) is 5.75 Å². The monoisotopic (exact) mass is 301 g/mol. The van der Waals surface area contributed by atoms with Crippen molar-refractivity contribution in [2.24, 2.45) is 0 Å². The van der Waals surface area contributed by atoms with E-state index >= 15 is 0 Å². The number of alkyl halides is 1. The van der Waals surface area contributed by atoms with Crippen LogP contribution >= 0.6 is 11.6 Å². The van der Waals surface area contributed by atoms with Crippen molar-refractivity contribution in [2.45, 2.75) is 19.7 Å². The second kappa shape index (κ2) is 5.74. The van der Waals surface area contributed by atoms with Gasteiger partial charge in [0.25, 0.3) is 0 Å². The van der Waals surface area contributed by atoms with Crippen LogP contribution in [0.4, 0.5) is 0 Å². The van der Waals surface area contributed by atoms with Gasteiger partial charge >= 0.3 is 0 Å². The molecule has 4 nitrogen and oxygen atoms in total. The standard InChI is InChI=1S/C16H16ClN3O/c1-3-21-14-7-5-4-6-13(14)20-15(9-17)19-12-8-11(2)10-18-16(12)20/h4-8,10H,3,9H2,1-2H3. The maximum absolute atomic E-state index is 6.07. The first-order valence-electron chi connectivity index (χ1n) is 6.86. The fourth-order valence-corrected chi connectivity index (χ4v) is 2.55. The molecule has 2 heterocycles. The molecule has 0 atom stereocenters. The van der Waals surface area contributed by atoms with Crippen LogP contribution in [0, 0.1) is 6.92 Å². The van der Waals surface area contributed by atoms with Crippen LogP contribution in [0.1, 0.15) is 18.3 Å². The number of aryl methyl sites for hydroxylation is 1. The molecule has 1 aromatic carbocycles. The van der Waals surface area contributed by atoms with Crippen molar-refractivity contribution >= 4 is 22.8 Å². The molecule has 0 spiro atoms. The lowest BCUT2D eigenvalue weighted by Crippen LogP contribution is -2.04. The van der Waals surface area contributed by atoms with Gasteiger partial charge in [0, 0.05) is 6.20 Å². The summed E-state index contributed by atoms with van der Waals surface area (Å²) in [5, 5.41) is 0. The van der Waals surface area contributed by atoms with Crippen LogP contribution in [0.25, 0.3) is 16.9 Å². The lowest BCUT2D eigenvalue weighted by atomic mass is 10.2. The van der Waals surface area contributed by atoms with Crippen molar-refractivity contribution in [3.63, 3.8) is 0 Å². The van der Waals surface area contributed by atoms with Gasteiger partial charge in [0.2, 0.25) is 0 Å². The highest BCUT2D eigenvalue weighted by Crippen LogP contribution is 2.28. The number of imidazole rings is 1. The fraction of sp³-hybridized carbons (Fsp3) is 0.250. The molecule has 0 radical (unpaired) electrons. The van der Waals surface area contributed by atoms with Crippen molar-refractivity contribution < 1.29 is 4.74 Å². The Bertz CT molecular complexity index is 782. The van der Waals surface area contributed by atoms with E-state index in [1.54, 1.807) is 0 Å². The number of ether oxygens (including phenoxy) is 1. The molecule has 0 saturated carbocycles. The number of aromatic nitrogens is 3. The van der Waals surface area contributed by atoms with Crippen LogP contribution < -0.4 is 4.74 Å². The number of benzene rings is 1. The van der Waals surface area contributed by atoms with Gasteiger partial charge in [-0.25, -0.2) is 9.97 Å². The molecule has 0 aliphatic heterocycles. The smallest absolute Gasteiger partial charge is 0.164 e. The summed E-state index contributed by atoms with van der Waals surface area (Å²) < 4.78 is 7.68. The molecule has 0 unspecified atom stereocenters. The Balaban J connectivity index is 2.29. The fourth-order valence-electron chi connectivity index (χ4n) is 2.37. The summed E-state index contributed by atoms with van der Waals surface area (Å²) in [6.45, 7) is 4.57. The molecule has 0 aliphatic rings. The maximum Gasteiger partial charge on any atom is 0.164 e. The van der Waals surface area contributed by atoms with Crippen molar-refractivity contribution in [1.82, 2.24) is 14.5 Å². The average molecular weight is 302 g/mol. The zero-order valence-corrected chi connectivity index (χ0v) is 12.8. The number of para-hydroxylation sites is 2. The summed E-state index contributed by atoms with van der Waals surface area (Å²) >= 11 is 6.07. The Morgan fingerprint density at radius 1 is 1.29 bits per heavy atom. The van der Waals surface area contributed by atoms with Crippen LogP contribution in [-0.4, -0.2) is 21.1 Å². The van der Waals surface area contributed by atoms with Gasteiger partial charge in [-0.3, -0.25) is 4.57 Å². The predicted molar refractivity (Wildman–Crippen MR) is 84.3 cm³/mol. The van der Waals surface area contributed by atoms with E-state index in [0.29, 0.717) is 12.5 Å². The van der Waals surface area contributed by atoms with Crippen LogP contribution in [-0.2, 0) is 5.88 Å². The van der Waals surface area contributed by atoms with Gasteiger partial charge in [-0.1, -0.05) is 12.1 Å². The molecule has 0 bridgehead atoms. The van der Waals surface area contributed by atoms with Crippen molar-refractivity contribution in [1.29, 1.82) is 0 Å². The molecule has 0 aliphatic carbocycles. The summed E-state index contributed by atoms with van der Waals surface area (Å²) in [6.07, 6.45) is 1.84. The molecule has 0 amide bonds. The van der Waals surface area contributed by atoms with Gasteiger partial charge in [0.15, 0.2) is 5.65 Å². The lowest BCUT2D eigenvalue weighted by Gasteiger charge is -2.12. The van der Waals surface area contributed by atoms with E-state index in [1.165, 1.54) is 0 Å². The number of nitrogens with zero attached hydrogens (tertiary/aromatic N) is 3. The van der Waals surface area contributed by atoms with E-state index in [9.17, 15) is 0 Å². The van der Waals surface area contributed by atoms with Gasteiger partial charge in [-0.15, -0.1) is 11.6 Å². The maximum atomic E-state index is 6.07. The lowest BCUT2D eigenvalue weighted by molar-refractivity contribution is 0.339. The minimum atomic E-state index is 0.315. The van der Waals surface area contributed by atoms with Crippen molar-refractivity contribution in [3.8, 4) is 11.4 Å². The number of halogens is 1. The van der Waals surface area contributed by atoms with E-state index in [2.05, 4.69) is 9.97 Å². The van der Waals surface area contributed by atoms with Crippen molar-refractivity contribution in [3.05, 3.63) is 47.9 Å². The van der Waals surface area contributed by atoms with E-state index in [-0.39, 0.29) is 0 Å². The summed E-state index contributed by atoms with van der Waals surface area (Å²) in [5.74, 6) is 1.88. The highest BCUT2D eigenvalue weighted by molar-refractivity contribution is 6.17. The molecular formula is C16H16ClN3O. The van der Waals surface area contributed by atoms with Crippen LogP contribution in [0.2, 0.25) is 0 Å². The molecule has 3 rings (SSSR count). The van der Waals surface area contributed by atoms with Crippen molar-refractivity contribution in [2.75, 3.05) is 6.61 Å². The zero-order chi connectivity index (χ0) is 14.8. The minimum absolute atomic E-state index is 0.315. The average Bonchev–Trinajstić information content (AvgIpc) is 2.85. The highest BCUT2D eigenvalue weighted by Gasteiger charge is 2.16. The molecule has 3 aromatic rings. The van der Waals surface area contributed by atoms with Gasteiger partial charge in [0.05, 0.1) is 18.2 Å². The SMILES string of the molecule is CCOc1ccccc1-n1c(CCl)nc2cc(C)cnc21. The molecular weight excluding hydrogens is 286 g/mol. The molecule has 0 saturated heterocycles. The normalized spacial score (nSPS) is 11.0. The first-order chi connectivity index (χ1) is 10.2. The number of hydrogen-bond donors (Lipinski definition) is 0. The highest BCUT2D eigenvalue weighted by atomic mass is 35.5. The molecule has 5 heteroatoms. The minimum Gasteiger partial charge on any atom is -0.492 e. The van der Waals surface area contributed by atoms with Crippen LogP contribution in [0.3, 0.4) is 0 Å². The van der Waals surface area contributed by atoms with E-state index in [4.69, 9.17) is 16.3 Å². The summed E-state index contributed by atoms with van der Waals surface area (Å²) in [4.78, 5) is 9.10. The summed E-state index contributed by atoms with van der Waals surface area (Å²) in [7, 11) is 0. The third-order valence-corrected chi connectivity index (χ3v) is 3.47. The Hall–Kier alpha value is -2.07. The third kappa shape index (κ3) is 2.47. The summed E-state index contributed by atoms with van der Waals surface area (Å²) in [5.41, 5.74) is 3.63. The second-order valence-electron chi connectivity index (χ2n) is 4.75. The van der Waals surface area contributed by atoms with Gasteiger partial charge in [0.1, 0.15) is 17.1 Å². The molecule has 2 aromatic heterocycles. The Morgan fingerprint density at radius 3 is 2.86 bits per heavy atom. The number of pyridine rings is 1. The molecule has 108 valence electrons. The van der Waals surface area contributed by atoms with Gasteiger partial charge in [-0.05, 0) is 37.6 Å². The van der Waals surface area contributed by atoms with E-state index < -0.39 is 0 Å². The van der Waals surface area contributed by atoms with Crippen LogP contribution in [0.15, 0.2) is 36.5 Å². The number of hydrogen-bond acceptors (Lipinski definition) is 3. The first kappa shape index (κ1) is 13.9. The van der Waals surface area contributed by atoms with E-state index in [0.717, 1.165) is 34.0 Å². The topological polar surface area (TPSA) is 39.9 Å². The number of fused-ring (bicyclic) bond motifs is 1. The first-order valence-corrected chi connectivity index (χ1v) is 7.40. The predicted octanol–water partition coefficient (Wildman–Crippen LogP) is 3.87. The molecule has 0 fully saturated rings. The Morgan fingerprint density at radius 2 is 2.10 bits per heavy atom. The Kier molecular flexibility index (Phi) is 3.80. The number of rotatable bonds is 4. The van der Waals surface area contributed by atoms with Gasteiger partial charge < -0.3 is 4.74 Å². The quantitative estimate of drug-likeness (QED) is 0.687. The Labute approximate surface area is 128 Å². The zero-order valence-electron chi connectivity index (χ0n) is 12.0. The summed E-state index contributed by atoms with van der Waals surface area (Å²) in [6, 6.07) is 9.86.